The number of fused-ring (bicyclic) bond motifs is 2. The van der Waals surface area contributed by atoms with Gasteiger partial charge >= 0.3 is 12.4 Å². The van der Waals surface area contributed by atoms with E-state index < -0.39 is 93.5 Å². The summed E-state index contributed by atoms with van der Waals surface area (Å²) in [7, 11) is -6.83. The Hall–Kier alpha value is -5.24. The first kappa shape index (κ1) is 52.6. The average Bonchev–Trinajstić information content (AvgIpc) is 4.00. The fraction of sp³-hybridized carbons (Fsp3) is 0.500. The summed E-state index contributed by atoms with van der Waals surface area (Å²) in [5.74, 6) is -2.44. The SMILES string of the molecule is Cc1nc(NCC(F)(F)F)nc(N[C@@H]2C[C@H](CS(C)(=O)=O)[C@@H](O)[C@H]2O)c1-c1nc2cnccc2s1.Cc1nc(NCC(F)(F)F)nc(N[C@@H]2C[C@H](CS(C)(=O)=O)[C@@H](O)[C@H]2O)c1-c1nc2cnccc2s1. The van der Waals surface area contributed by atoms with Crippen molar-refractivity contribution in [3.63, 3.8) is 0 Å². The zero-order valence-electron chi connectivity index (χ0n) is 37.2. The van der Waals surface area contributed by atoms with Crippen molar-refractivity contribution in [2.45, 2.75) is 75.5 Å². The number of aliphatic hydroxyl groups excluding tert-OH is 4. The number of nitrogens with one attached hydrogen (secondary N) is 4. The number of halogens is 6. The van der Waals surface area contributed by atoms with Gasteiger partial charge in [-0.3, -0.25) is 9.97 Å². The summed E-state index contributed by atoms with van der Waals surface area (Å²) >= 11 is 2.61. The Labute approximate surface area is 403 Å². The molecule has 6 aromatic heterocycles. The number of aromatic nitrogens is 8. The highest BCUT2D eigenvalue weighted by atomic mass is 32.2. The van der Waals surface area contributed by atoms with E-state index in [-0.39, 0.29) is 47.9 Å². The largest absolute Gasteiger partial charge is 0.405 e. The minimum absolute atomic E-state index is 0.102. The van der Waals surface area contributed by atoms with Gasteiger partial charge in [0.25, 0.3) is 0 Å². The summed E-state index contributed by atoms with van der Waals surface area (Å²) in [5, 5.41) is 53.2. The predicted molar refractivity (Wildman–Crippen MR) is 250 cm³/mol. The number of aryl methyl sites for hydroxylation is 2. The molecule has 30 heteroatoms. The molecule has 8 atom stereocenters. The maximum absolute atomic E-state index is 12.7. The summed E-state index contributed by atoms with van der Waals surface area (Å²) < 4.78 is 125. The van der Waals surface area contributed by atoms with Crippen LogP contribution < -0.4 is 21.3 Å². The summed E-state index contributed by atoms with van der Waals surface area (Å²) in [6, 6.07) is 1.92. The van der Waals surface area contributed by atoms with Crippen molar-refractivity contribution in [2.24, 2.45) is 11.8 Å². The number of thiazole rings is 2. The molecule has 0 aromatic carbocycles. The molecule has 0 unspecified atom stereocenters. The van der Waals surface area contributed by atoms with Gasteiger partial charge in [0.1, 0.15) is 77.7 Å². The Kier molecular flexibility index (Phi) is 15.4. The molecule has 20 nitrogen and oxygen atoms in total. The van der Waals surface area contributed by atoms with E-state index in [0.717, 1.165) is 21.9 Å². The maximum atomic E-state index is 12.7. The lowest BCUT2D eigenvalue weighted by molar-refractivity contribution is -0.116. The van der Waals surface area contributed by atoms with Crippen LogP contribution in [0.15, 0.2) is 36.9 Å². The van der Waals surface area contributed by atoms with E-state index in [1.165, 1.54) is 22.7 Å². The van der Waals surface area contributed by atoms with Gasteiger partial charge in [0, 0.05) is 36.7 Å². The molecule has 0 spiro atoms. The van der Waals surface area contributed by atoms with Crippen LogP contribution >= 0.6 is 22.7 Å². The first-order chi connectivity index (χ1) is 32.6. The number of hydrogen-bond donors (Lipinski definition) is 8. The number of nitrogens with zero attached hydrogens (tertiary/aromatic N) is 8. The van der Waals surface area contributed by atoms with Crippen LogP contribution in [0, 0.1) is 25.7 Å². The number of pyridine rings is 2. The van der Waals surface area contributed by atoms with Crippen LogP contribution in [0.4, 0.5) is 49.9 Å². The van der Waals surface area contributed by atoms with E-state index in [1.807, 2.05) is 0 Å². The van der Waals surface area contributed by atoms with Gasteiger partial charge in [-0.15, -0.1) is 22.7 Å². The lowest BCUT2D eigenvalue weighted by Crippen LogP contribution is -2.36. The molecule has 8 rings (SSSR count). The fourth-order valence-electron chi connectivity index (χ4n) is 8.15. The normalized spacial score (nSPS) is 23.1. The Morgan fingerprint density at radius 3 is 1.30 bits per heavy atom. The van der Waals surface area contributed by atoms with E-state index in [4.69, 9.17) is 0 Å². The molecule has 2 saturated carbocycles. The van der Waals surface area contributed by atoms with Gasteiger partial charge in [0.05, 0.1) is 80.1 Å². The molecular formula is C40H46F6N12O8S4. The second kappa shape index (κ2) is 20.5. The van der Waals surface area contributed by atoms with Gasteiger partial charge in [-0.1, -0.05) is 0 Å². The standard InChI is InChI=1S/2C20H23F3N6O4S2/c2*1-9-14(18-28-12-6-24-4-3-13(12)34-18)17(29-19(26-9)25-8-20(21,22)23)27-11-5-10(7-35(2,32)33)15(30)16(11)31/h2*3-4,6,10-11,15-16,30-31H,5,7-8H2,1-2H3,(H2,25,26,27,29)/t2*10-,11-,15-,16+/m11/s1. The van der Waals surface area contributed by atoms with E-state index in [0.29, 0.717) is 43.6 Å². The number of sulfone groups is 2. The van der Waals surface area contributed by atoms with Crippen LogP contribution in [0.2, 0.25) is 0 Å². The number of hydrogen-bond acceptors (Lipinski definition) is 22. The minimum atomic E-state index is -4.49. The smallest absolute Gasteiger partial charge is 0.390 e. The minimum Gasteiger partial charge on any atom is -0.390 e. The lowest BCUT2D eigenvalue weighted by Gasteiger charge is -2.21. The third-order valence-electron chi connectivity index (χ3n) is 11.2. The topological polar surface area (TPSA) is 300 Å². The van der Waals surface area contributed by atoms with E-state index in [9.17, 15) is 63.6 Å². The van der Waals surface area contributed by atoms with Gasteiger partial charge in [-0.05, 0) is 38.8 Å². The van der Waals surface area contributed by atoms with E-state index >= 15 is 0 Å². The zero-order chi connectivity index (χ0) is 51.1. The van der Waals surface area contributed by atoms with Crippen molar-refractivity contribution in [3.05, 3.63) is 48.3 Å². The molecule has 6 aromatic rings. The van der Waals surface area contributed by atoms with E-state index in [2.05, 4.69) is 61.1 Å². The first-order valence-electron chi connectivity index (χ1n) is 21.0. The monoisotopic (exact) mass is 1060 g/mol. The van der Waals surface area contributed by atoms with Crippen molar-refractivity contribution < 1.29 is 63.6 Å². The van der Waals surface area contributed by atoms with Crippen LogP contribution in [0.25, 0.3) is 41.6 Å². The molecule has 2 fully saturated rings. The fourth-order valence-corrected chi connectivity index (χ4v) is 12.4. The molecule has 0 amide bonds. The molecule has 2 aliphatic carbocycles. The Bertz CT molecular complexity index is 2810. The van der Waals surface area contributed by atoms with Gasteiger partial charge < -0.3 is 41.7 Å². The van der Waals surface area contributed by atoms with Gasteiger partial charge in [-0.2, -0.15) is 36.3 Å². The zero-order valence-corrected chi connectivity index (χ0v) is 40.5. The molecule has 2 aliphatic rings. The predicted octanol–water partition coefficient (Wildman–Crippen LogP) is 4.00. The summed E-state index contributed by atoms with van der Waals surface area (Å²) in [5.41, 5.74) is 2.72. The average molecular weight is 1070 g/mol. The highest BCUT2D eigenvalue weighted by molar-refractivity contribution is 7.90. The number of anilines is 4. The quantitative estimate of drug-likeness (QED) is 0.0715. The summed E-state index contributed by atoms with van der Waals surface area (Å²) in [4.78, 5) is 33.9. The Balaban J connectivity index is 0.000000206. The second-order valence-electron chi connectivity index (χ2n) is 17.0. The van der Waals surface area contributed by atoms with Crippen molar-refractivity contribution in [3.8, 4) is 21.1 Å². The maximum Gasteiger partial charge on any atom is 0.405 e. The molecule has 70 heavy (non-hydrogen) atoms. The van der Waals surface area contributed by atoms with Crippen molar-refractivity contribution in [1.29, 1.82) is 0 Å². The lowest BCUT2D eigenvalue weighted by atomic mass is 10.1. The Morgan fingerprint density at radius 2 is 0.971 bits per heavy atom. The Morgan fingerprint density at radius 1 is 0.600 bits per heavy atom. The molecule has 380 valence electrons. The van der Waals surface area contributed by atoms with Crippen LogP contribution in [0.1, 0.15) is 24.2 Å². The van der Waals surface area contributed by atoms with Crippen molar-refractivity contribution >= 4 is 86.3 Å². The van der Waals surface area contributed by atoms with Crippen molar-refractivity contribution in [1.82, 2.24) is 39.9 Å². The molecule has 0 aliphatic heterocycles. The van der Waals surface area contributed by atoms with Crippen LogP contribution in [0.3, 0.4) is 0 Å². The molecular weight excluding hydrogens is 1020 g/mol. The first-order valence-corrected chi connectivity index (χ1v) is 26.8. The summed E-state index contributed by atoms with van der Waals surface area (Å²) in [6.07, 6.45) is -5.58. The van der Waals surface area contributed by atoms with Gasteiger partial charge in [0.15, 0.2) is 0 Å². The molecule has 6 heterocycles. The molecule has 0 bridgehead atoms. The number of rotatable bonds is 14. The van der Waals surface area contributed by atoms with Crippen LogP contribution in [-0.4, -0.2) is 163 Å². The third kappa shape index (κ3) is 13.2. The molecule has 8 N–H and O–H groups in total. The van der Waals surface area contributed by atoms with Crippen LogP contribution in [0.5, 0.6) is 0 Å². The third-order valence-corrected chi connectivity index (χ3v) is 15.3. The second-order valence-corrected chi connectivity index (χ2v) is 23.4. The van der Waals surface area contributed by atoms with Crippen molar-refractivity contribution in [2.75, 3.05) is 58.4 Å². The summed E-state index contributed by atoms with van der Waals surface area (Å²) in [6.45, 7) is 0.494. The number of alkyl halides is 6. The van der Waals surface area contributed by atoms with E-state index in [1.54, 1.807) is 50.8 Å². The highest BCUT2D eigenvalue weighted by Gasteiger charge is 2.45. The number of aliphatic hydroxyl groups is 4. The molecule has 0 saturated heterocycles. The molecule has 0 radical (unpaired) electrons. The van der Waals surface area contributed by atoms with Gasteiger partial charge in [0.2, 0.25) is 11.9 Å². The van der Waals surface area contributed by atoms with Crippen LogP contribution in [-0.2, 0) is 19.7 Å². The van der Waals surface area contributed by atoms with Gasteiger partial charge in [-0.25, -0.2) is 36.8 Å². The highest BCUT2D eigenvalue weighted by Crippen LogP contribution is 2.40.